The van der Waals surface area contributed by atoms with Crippen LogP contribution in [0.15, 0.2) is 35.9 Å². The van der Waals surface area contributed by atoms with E-state index in [9.17, 15) is 10.1 Å². The normalized spacial score (nSPS) is 11.3. The van der Waals surface area contributed by atoms with Gasteiger partial charge >= 0.3 is 0 Å². The predicted molar refractivity (Wildman–Crippen MR) is 93.3 cm³/mol. The van der Waals surface area contributed by atoms with Crippen LogP contribution in [0, 0.1) is 32.1 Å². The molecule has 1 aromatic heterocycles. The van der Waals surface area contributed by atoms with Crippen molar-refractivity contribution < 1.29 is 4.79 Å². The molecule has 3 heteroatoms. The van der Waals surface area contributed by atoms with E-state index in [1.54, 1.807) is 6.08 Å². The first kappa shape index (κ1) is 16.8. The molecule has 0 saturated carbocycles. The highest BCUT2D eigenvalue weighted by Gasteiger charge is 2.19. The van der Waals surface area contributed by atoms with Gasteiger partial charge in [0.25, 0.3) is 0 Å². The van der Waals surface area contributed by atoms with E-state index in [0.29, 0.717) is 5.56 Å². The Kier molecular flexibility index (Phi) is 5.18. The second-order valence-corrected chi connectivity index (χ2v) is 5.85. The molecule has 0 fully saturated rings. The van der Waals surface area contributed by atoms with E-state index in [0.717, 1.165) is 35.5 Å². The molecule has 1 aromatic carbocycles. The van der Waals surface area contributed by atoms with Crippen LogP contribution < -0.4 is 0 Å². The van der Waals surface area contributed by atoms with Crippen LogP contribution in [0.4, 0.5) is 0 Å². The first-order chi connectivity index (χ1) is 11.0. The lowest BCUT2D eigenvalue weighted by Crippen LogP contribution is -2.06. The van der Waals surface area contributed by atoms with E-state index in [4.69, 9.17) is 0 Å². The highest BCUT2D eigenvalue weighted by atomic mass is 16.1. The quantitative estimate of drug-likeness (QED) is 0.460. The number of aryl methyl sites for hydroxylation is 2. The van der Waals surface area contributed by atoms with Gasteiger partial charge in [0.05, 0.1) is 0 Å². The predicted octanol–water partition coefficient (Wildman–Crippen LogP) is 4.61. The van der Waals surface area contributed by atoms with Gasteiger partial charge in [0, 0.05) is 23.5 Å². The van der Waals surface area contributed by atoms with Gasteiger partial charge in [-0.1, -0.05) is 36.8 Å². The summed E-state index contributed by atoms with van der Waals surface area (Å²) in [6.45, 7) is 8.94. The molecule has 0 atom stereocenters. The van der Waals surface area contributed by atoms with Gasteiger partial charge < -0.3 is 4.57 Å². The van der Waals surface area contributed by atoms with E-state index in [-0.39, 0.29) is 11.4 Å². The van der Waals surface area contributed by atoms with Crippen LogP contribution in [0.2, 0.25) is 0 Å². The molecule has 3 nitrogen and oxygen atoms in total. The molecule has 0 amide bonds. The summed E-state index contributed by atoms with van der Waals surface area (Å²) in [4.78, 5) is 12.7. The van der Waals surface area contributed by atoms with E-state index in [2.05, 4.69) is 17.6 Å². The summed E-state index contributed by atoms with van der Waals surface area (Å²) in [5.41, 5.74) is 4.79. The molecule has 0 aliphatic carbocycles. The highest BCUT2D eigenvalue weighted by molar-refractivity contribution is 6.14. The van der Waals surface area contributed by atoms with Gasteiger partial charge in [-0.2, -0.15) is 5.26 Å². The van der Waals surface area contributed by atoms with Crippen molar-refractivity contribution in [3.63, 3.8) is 0 Å². The van der Waals surface area contributed by atoms with Crippen molar-refractivity contribution in [2.45, 2.75) is 40.7 Å². The maximum atomic E-state index is 12.7. The summed E-state index contributed by atoms with van der Waals surface area (Å²) < 4.78 is 2.13. The fourth-order valence-corrected chi connectivity index (χ4v) is 2.72. The van der Waals surface area contributed by atoms with Gasteiger partial charge in [-0.15, -0.1) is 0 Å². The molecular weight excluding hydrogens is 284 g/mol. The number of benzene rings is 1. The Bertz CT molecular complexity index is 786. The van der Waals surface area contributed by atoms with Crippen molar-refractivity contribution in [1.82, 2.24) is 4.57 Å². The van der Waals surface area contributed by atoms with Crippen molar-refractivity contribution >= 4 is 11.9 Å². The van der Waals surface area contributed by atoms with Gasteiger partial charge in [0.2, 0.25) is 5.78 Å². The Labute approximate surface area is 137 Å². The molecule has 0 aliphatic heterocycles. The first-order valence-electron chi connectivity index (χ1n) is 7.87. The topological polar surface area (TPSA) is 45.8 Å². The van der Waals surface area contributed by atoms with E-state index in [1.165, 1.54) is 0 Å². The third-order valence-electron chi connectivity index (χ3n) is 4.02. The fourth-order valence-electron chi connectivity index (χ4n) is 2.72. The molecule has 0 unspecified atom stereocenters. The molecule has 0 bridgehead atoms. The smallest absolute Gasteiger partial charge is 0.205 e. The molecule has 0 N–H and O–H groups in total. The minimum Gasteiger partial charge on any atom is -0.348 e. The third kappa shape index (κ3) is 3.60. The summed E-state index contributed by atoms with van der Waals surface area (Å²) >= 11 is 0. The molecule has 0 spiro atoms. The molecule has 0 saturated heterocycles. The molecular formula is C20H22N2O. The van der Waals surface area contributed by atoms with Crippen LogP contribution >= 0.6 is 0 Å². The van der Waals surface area contributed by atoms with Crippen LogP contribution in [0.1, 0.15) is 46.2 Å². The molecule has 0 radical (unpaired) electrons. The van der Waals surface area contributed by atoms with Crippen molar-refractivity contribution in [3.05, 3.63) is 64.0 Å². The minimum atomic E-state index is -0.205. The number of nitrogens with zero attached hydrogens (tertiary/aromatic N) is 2. The van der Waals surface area contributed by atoms with Gasteiger partial charge in [-0.3, -0.25) is 4.79 Å². The van der Waals surface area contributed by atoms with Crippen molar-refractivity contribution in [2.24, 2.45) is 0 Å². The zero-order valence-electron chi connectivity index (χ0n) is 14.2. The maximum Gasteiger partial charge on any atom is 0.205 e. The van der Waals surface area contributed by atoms with Crippen LogP contribution in [0.3, 0.4) is 0 Å². The number of hydrogen-bond acceptors (Lipinski definition) is 2. The van der Waals surface area contributed by atoms with E-state index in [1.807, 2.05) is 51.1 Å². The van der Waals surface area contributed by atoms with Crippen molar-refractivity contribution in [2.75, 3.05) is 0 Å². The van der Waals surface area contributed by atoms with E-state index < -0.39 is 0 Å². The summed E-state index contributed by atoms with van der Waals surface area (Å²) in [5.74, 6) is -0.205. The molecule has 1 heterocycles. The Morgan fingerprint density at radius 1 is 1.22 bits per heavy atom. The van der Waals surface area contributed by atoms with Gasteiger partial charge in [0.15, 0.2) is 0 Å². The molecule has 0 aliphatic rings. The Morgan fingerprint density at radius 3 is 2.43 bits per heavy atom. The van der Waals surface area contributed by atoms with Gasteiger partial charge in [0.1, 0.15) is 11.6 Å². The zero-order chi connectivity index (χ0) is 17.0. The Balaban J connectivity index is 2.40. The fraction of sp³-hybridized carbons (Fsp3) is 0.300. The van der Waals surface area contributed by atoms with Crippen LogP contribution in [0.25, 0.3) is 6.08 Å². The minimum absolute atomic E-state index is 0.172. The van der Waals surface area contributed by atoms with Crippen LogP contribution in [-0.4, -0.2) is 10.4 Å². The number of ketones is 1. The van der Waals surface area contributed by atoms with Gasteiger partial charge in [-0.25, -0.2) is 0 Å². The number of hydrogen-bond donors (Lipinski definition) is 0. The van der Waals surface area contributed by atoms with E-state index >= 15 is 0 Å². The average molecular weight is 306 g/mol. The number of carbonyl (C=O) groups is 1. The molecule has 23 heavy (non-hydrogen) atoms. The largest absolute Gasteiger partial charge is 0.348 e. The molecule has 2 aromatic rings. The number of aromatic nitrogens is 1. The van der Waals surface area contributed by atoms with Crippen molar-refractivity contribution in [3.8, 4) is 6.07 Å². The Morgan fingerprint density at radius 2 is 1.87 bits per heavy atom. The maximum absolute atomic E-state index is 12.7. The van der Waals surface area contributed by atoms with Crippen molar-refractivity contribution in [1.29, 1.82) is 5.26 Å². The summed E-state index contributed by atoms with van der Waals surface area (Å²) in [7, 11) is 0. The van der Waals surface area contributed by atoms with Crippen LogP contribution in [0.5, 0.6) is 0 Å². The lowest BCUT2D eigenvalue weighted by atomic mass is 10.0. The Hall–Kier alpha value is -2.60. The van der Waals surface area contributed by atoms with Gasteiger partial charge in [-0.05, 0) is 44.9 Å². The molecule has 118 valence electrons. The zero-order valence-corrected chi connectivity index (χ0v) is 14.2. The lowest BCUT2D eigenvalue weighted by Gasteiger charge is -2.07. The van der Waals surface area contributed by atoms with Crippen LogP contribution in [-0.2, 0) is 6.54 Å². The molecule has 2 rings (SSSR count). The lowest BCUT2D eigenvalue weighted by molar-refractivity contribution is 0.103. The monoisotopic (exact) mass is 306 g/mol. The summed E-state index contributed by atoms with van der Waals surface area (Å²) in [6, 6.07) is 11.7. The third-order valence-corrected chi connectivity index (χ3v) is 4.02. The first-order valence-corrected chi connectivity index (χ1v) is 7.87. The number of nitriles is 1. The summed E-state index contributed by atoms with van der Waals surface area (Å²) in [5, 5.41) is 9.40. The number of rotatable bonds is 5. The second kappa shape index (κ2) is 7.11. The average Bonchev–Trinajstić information content (AvgIpc) is 2.82. The SMILES string of the molecule is CCCn1c(C)cc(C(=O)/C(C#N)=C/c2ccc(C)cc2)c1C. The second-order valence-electron chi connectivity index (χ2n) is 5.85. The standard InChI is InChI=1S/C20H22N2O/c1-5-10-22-15(3)11-19(16(22)4)20(23)18(13-21)12-17-8-6-14(2)7-9-17/h6-9,11-12H,5,10H2,1-4H3/b18-12+. The number of carbonyl (C=O) groups excluding carboxylic acids is 1. The summed E-state index contributed by atoms with van der Waals surface area (Å²) in [6.07, 6.45) is 2.67. The number of allylic oxidation sites excluding steroid dienone is 1. The highest BCUT2D eigenvalue weighted by Crippen LogP contribution is 2.20. The number of Topliss-reactive ketones (excluding diaryl/α,β-unsaturated/α-hetero) is 1.